The van der Waals surface area contributed by atoms with Crippen LogP contribution in [0.3, 0.4) is 0 Å². The van der Waals surface area contributed by atoms with Crippen molar-refractivity contribution in [1.29, 1.82) is 0 Å². The first-order chi connectivity index (χ1) is 11.5. The number of carbonyl (C=O) groups excluding carboxylic acids is 1. The highest BCUT2D eigenvalue weighted by atomic mass is 127. The van der Waals surface area contributed by atoms with E-state index < -0.39 is 4.92 Å². The highest BCUT2D eigenvalue weighted by Crippen LogP contribution is 2.15. The summed E-state index contributed by atoms with van der Waals surface area (Å²) in [4.78, 5) is 21.8. The lowest BCUT2D eigenvalue weighted by atomic mass is 10.3. The molecule has 0 heterocycles. The standard InChI is InChI=1S/C16H16IN3O4/c17-12-1-7-15(8-2-12)24-11-16(21)19-10-9-18-13-3-5-14(6-4-13)20(22)23/h1-8,18H,9-11H2,(H,19,21). The van der Waals surface area contributed by atoms with Gasteiger partial charge in [0, 0.05) is 34.5 Å². The molecule has 2 rings (SSSR count). The number of halogens is 1. The second-order valence-electron chi connectivity index (χ2n) is 4.82. The van der Waals surface area contributed by atoms with Crippen molar-refractivity contribution < 1.29 is 14.5 Å². The minimum Gasteiger partial charge on any atom is -0.484 e. The van der Waals surface area contributed by atoms with Gasteiger partial charge in [0.05, 0.1) is 4.92 Å². The number of non-ortho nitro benzene ring substituents is 1. The SMILES string of the molecule is O=C(COc1ccc(I)cc1)NCCNc1ccc([N+](=O)[O-])cc1. The van der Waals surface area contributed by atoms with Crippen LogP contribution in [0.4, 0.5) is 11.4 Å². The molecule has 1 amide bonds. The molecule has 0 saturated carbocycles. The molecular weight excluding hydrogens is 425 g/mol. The Bertz CT molecular complexity index is 689. The minimum atomic E-state index is -0.447. The van der Waals surface area contributed by atoms with Crippen LogP contribution in [0.1, 0.15) is 0 Å². The Hall–Kier alpha value is -2.36. The second kappa shape index (κ2) is 9.06. The molecule has 2 N–H and O–H groups in total. The van der Waals surface area contributed by atoms with Crippen molar-refractivity contribution in [2.75, 3.05) is 25.0 Å². The van der Waals surface area contributed by atoms with Gasteiger partial charge in [0.15, 0.2) is 6.61 Å². The zero-order valence-electron chi connectivity index (χ0n) is 12.7. The van der Waals surface area contributed by atoms with Crippen molar-refractivity contribution in [3.63, 3.8) is 0 Å². The Labute approximate surface area is 152 Å². The van der Waals surface area contributed by atoms with Gasteiger partial charge in [-0.05, 0) is 59.0 Å². The van der Waals surface area contributed by atoms with Crippen LogP contribution in [0.5, 0.6) is 5.75 Å². The average molecular weight is 441 g/mol. The Morgan fingerprint density at radius 2 is 1.75 bits per heavy atom. The van der Waals surface area contributed by atoms with Crippen LogP contribution < -0.4 is 15.4 Å². The van der Waals surface area contributed by atoms with Crippen molar-refractivity contribution in [3.05, 3.63) is 62.2 Å². The summed E-state index contributed by atoms with van der Waals surface area (Å²) in [5.41, 5.74) is 0.798. The summed E-state index contributed by atoms with van der Waals surface area (Å²) in [5.74, 6) is 0.439. The number of amides is 1. The number of hydrogen-bond acceptors (Lipinski definition) is 5. The predicted octanol–water partition coefficient (Wildman–Crippen LogP) is 2.81. The molecule has 2 aromatic carbocycles. The first-order valence-corrected chi connectivity index (χ1v) is 8.26. The fraction of sp³-hybridized carbons (Fsp3) is 0.188. The van der Waals surface area contributed by atoms with E-state index in [1.54, 1.807) is 12.1 Å². The summed E-state index contributed by atoms with van der Waals surface area (Å²) in [6, 6.07) is 13.5. The number of hydrogen-bond donors (Lipinski definition) is 2. The molecule has 126 valence electrons. The van der Waals surface area contributed by atoms with Crippen LogP contribution in [0, 0.1) is 13.7 Å². The lowest BCUT2D eigenvalue weighted by Gasteiger charge is -2.09. The molecule has 2 aromatic rings. The number of nitrogens with one attached hydrogen (secondary N) is 2. The molecule has 0 aliphatic heterocycles. The lowest BCUT2D eigenvalue weighted by molar-refractivity contribution is -0.384. The van der Waals surface area contributed by atoms with Crippen LogP contribution in [0.2, 0.25) is 0 Å². The van der Waals surface area contributed by atoms with Gasteiger partial charge in [-0.15, -0.1) is 0 Å². The van der Waals surface area contributed by atoms with Gasteiger partial charge in [-0.2, -0.15) is 0 Å². The summed E-state index contributed by atoms with van der Waals surface area (Å²) in [7, 11) is 0. The maximum absolute atomic E-state index is 11.7. The van der Waals surface area contributed by atoms with Crippen LogP contribution in [-0.2, 0) is 4.79 Å². The monoisotopic (exact) mass is 441 g/mol. The second-order valence-corrected chi connectivity index (χ2v) is 6.07. The van der Waals surface area contributed by atoms with E-state index in [4.69, 9.17) is 4.74 Å². The van der Waals surface area contributed by atoms with Gasteiger partial charge in [-0.3, -0.25) is 14.9 Å². The molecule has 7 nitrogen and oxygen atoms in total. The van der Waals surface area contributed by atoms with Crippen molar-refractivity contribution >= 4 is 39.9 Å². The van der Waals surface area contributed by atoms with Crippen molar-refractivity contribution in [2.45, 2.75) is 0 Å². The number of anilines is 1. The summed E-state index contributed by atoms with van der Waals surface area (Å²) in [6.07, 6.45) is 0. The molecular formula is C16H16IN3O4. The third-order valence-corrected chi connectivity index (χ3v) is 3.76. The molecule has 0 radical (unpaired) electrons. The number of rotatable bonds is 8. The van der Waals surface area contributed by atoms with Crippen molar-refractivity contribution in [2.24, 2.45) is 0 Å². The summed E-state index contributed by atoms with van der Waals surface area (Å²) in [5, 5.41) is 16.3. The molecule has 0 aliphatic rings. The van der Waals surface area contributed by atoms with E-state index in [-0.39, 0.29) is 18.2 Å². The Balaban J connectivity index is 1.63. The van der Waals surface area contributed by atoms with Gasteiger partial charge in [0.2, 0.25) is 0 Å². The smallest absolute Gasteiger partial charge is 0.269 e. The maximum Gasteiger partial charge on any atom is 0.269 e. The Morgan fingerprint density at radius 1 is 1.08 bits per heavy atom. The first-order valence-electron chi connectivity index (χ1n) is 7.18. The molecule has 0 bridgehead atoms. The molecule has 0 fully saturated rings. The summed E-state index contributed by atoms with van der Waals surface area (Å²) in [6.45, 7) is 0.886. The minimum absolute atomic E-state index is 0.0431. The molecule has 0 unspecified atom stereocenters. The Morgan fingerprint density at radius 3 is 2.38 bits per heavy atom. The molecule has 0 aliphatic carbocycles. The number of nitro groups is 1. The van der Waals surface area contributed by atoms with E-state index in [9.17, 15) is 14.9 Å². The van der Waals surface area contributed by atoms with Crippen LogP contribution in [0.15, 0.2) is 48.5 Å². The van der Waals surface area contributed by atoms with E-state index in [0.29, 0.717) is 18.8 Å². The number of carbonyl (C=O) groups is 1. The topological polar surface area (TPSA) is 93.5 Å². The fourth-order valence-corrected chi connectivity index (χ4v) is 2.20. The Kier molecular flexibility index (Phi) is 6.79. The third kappa shape index (κ3) is 6.03. The maximum atomic E-state index is 11.7. The number of nitro benzene ring substituents is 1. The highest BCUT2D eigenvalue weighted by Gasteiger charge is 2.04. The van der Waals surface area contributed by atoms with E-state index in [1.807, 2.05) is 24.3 Å². The van der Waals surface area contributed by atoms with Gasteiger partial charge >= 0.3 is 0 Å². The van der Waals surface area contributed by atoms with Crippen LogP contribution in [-0.4, -0.2) is 30.5 Å². The van der Waals surface area contributed by atoms with E-state index in [2.05, 4.69) is 33.2 Å². The first kappa shape index (κ1) is 18.0. The molecule has 0 atom stereocenters. The third-order valence-electron chi connectivity index (χ3n) is 3.04. The van der Waals surface area contributed by atoms with Crippen LogP contribution >= 0.6 is 22.6 Å². The zero-order chi connectivity index (χ0) is 17.4. The molecule has 0 spiro atoms. The van der Waals surface area contributed by atoms with E-state index in [1.165, 1.54) is 12.1 Å². The van der Waals surface area contributed by atoms with Gasteiger partial charge < -0.3 is 15.4 Å². The molecule has 0 aromatic heterocycles. The summed E-state index contributed by atoms with van der Waals surface area (Å²) >= 11 is 2.20. The molecule has 0 saturated heterocycles. The van der Waals surface area contributed by atoms with Gasteiger partial charge in [-0.1, -0.05) is 0 Å². The highest BCUT2D eigenvalue weighted by molar-refractivity contribution is 14.1. The fourth-order valence-electron chi connectivity index (χ4n) is 1.84. The zero-order valence-corrected chi connectivity index (χ0v) is 14.9. The normalized spacial score (nSPS) is 10.0. The van der Waals surface area contributed by atoms with Gasteiger partial charge in [-0.25, -0.2) is 0 Å². The number of benzene rings is 2. The van der Waals surface area contributed by atoms with Gasteiger partial charge in [0.1, 0.15) is 5.75 Å². The van der Waals surface area contributed by atoms with Crippen molar-refractivity contribution in [1.82, 2.24) is 5.32 Å². The lowest BCUT2D eigenvalue weighted by Crippen LogP contribution is -2.32. The largest absolute Gasteiger partial charge is 0.484 e. The predicted molar refractivity (Wildman–Crippen MR) is 99.2 cm³/mol. The number of ether oxygens (including phenoxy) is 1. The number of nitrogens with zero attached hydrogens (tertiary/aromatic N) is 1. The summed E-state index contributed by atoms with van der Waals surface area (Å²) < 4.78 is 6.47. The quantitative estimate of drug-likeness (QED) is 0.285. The molecule has 8 heteroatoms. The average Bonchev–Trinajstić information content (AvgIpc) is 2.58. The van der Waals surface area contributed by atoms with Crippen LogP contribution in [0.25, 0.3) is 0 Å². The van der Waals surface area contributed by atoms with Gasteiger partial charge in [0.25, 0.3) is 11.6 Å². The van der Waals surface area contributed by atoms with E-state index in [0.717, 1.165) is 9.26 Å². The molecule has 24 heavy (non-hydrogen) atoms. The van der Waals surface area contributed by atoms with E-state index >= 15 is 0 Å². The van der Waals surface area contributed by atoms with Crippen molar-refractivity contribution in [3.8, 4) is 5.75 Å².